The third-order valence-corrected chi connectivity index (χ3v) is 2.83. The van der Waals surface area contributed by atoms with Crippen molar-refractivity contribution in [3.63, 3.8) is 0 Å². The van der Waals surface area contributed by atoms with Gasteiger partial charge in [-0.1, -0.05) is 0 Å². The molecular formula is C15H21N3O7. The Morgan fingerprint density at radius 1 is 1.44 bits per heavy atom. The van der Waals surface area contributed by atoms with Gasteiger partial charge in [0.05, 0.1) is 11.5 Å². The first-order chi connectivity index (χ1) is 11.5. The number of nitro groups is 1. The van der Waals surface area contributed by atoms with Gasteiger partial charge in [-0.3, -0.25) is 10.1 Å². The number of carbonyl (C=O) groups excluding carboxylic acids is 1. The van der Waals surface area contributed by atoms with E-state index in [4.69, 9.17) is 14.6 Å². The number of aromatic nitrogens is 1. The van der Waals surface area contributed by atoms with Crippen LogP contribution in [0.1, 0.15) is 44.6 Å². The Morgan fingerprint density at radius 3 is 2.60 bits per heavy atom. The van der Waals surface area contributed by atoms with E-state index in [1.807, 2.05) is 0 Å². The third-order valence-electron chi connectivity index (χ3n) is 2.83. The van der Waals surface area contributed by atoms with Crippen molar-refractivity contribution < 1.29 is 29.1 Å². The zero-order valence-corrected chi connectivity index (χ0v) is 14.4. The zero-order chi connectivity index (χ0) is 19.2. The summed E-state index contributed by atoms with van der Waals surface area (Å²) in [4.78, 5) is 36.2. The van der Waals surface area contributed by atoms with Gasteiger partial charge in [0.25, 0.3) is 0 Å². The number of nitrogens with one attached hydrogen (secondary N) is 1. The topological polar surface area (TPSA) is 141 Å². The maximum Gasteiger partial charge on any atom is 0.407 e. The number of alkyl carbamates (subject to hydrolysis) is 1. The van der Waals surface area contributed by atoms with Crippen LogP contribution in [0.4, 0.5) is 10.5 Å². The predicted molar refractivity (Wildman–Crippen MR) is 86.8 cm³/mol. The van der Waals surface area contributed by atoms with Crippen molar-refractivity contribution in [2.45, 2.75) is 45.8 Å². The number of rotatable bonds is 7. The number of hydrogen-bond donors (Lipinski definition) is 2. The molecule has 1 atom stereocenters. The average Bonchev–Trinajstić information content (AvgIpc) is 2.44. The Bertz CT molecular complexity index is 655. The maximum atomic E-state index is 11.6. The van der Waals surface area contributed by atoms with Crippen LogP contribution in [0.25, 0.3) is 0 Å². The number of aromatic carboxylic acids is 1. The van der Waals surface area contributed by atoms with Crippen molar-refractivity contribution >= 4 is 17.7 Å². The highest BCUT2D eigenvalue weighted by molar-refractivity contribution is 5.86. The van der Waals surface area contributed by atoms with Crippen LogP contribution in [0.3, 0.4) is 0 Å². The van der Waals surface area contributed by atoms with E-state index >= 15 is 0 Å². The van der Waals surface area contributed by atoms with Gasteiger partial charge >= 0.3 is 17.7 Å². The van der Waals surface area contributed by atoms with Gasteiger partial charge in [-0.05, 0) is 27.7 Å². The lowest BCUT2D eigenvalue weighted by molar-refractivity contribution is -0.386. The summed E-state index contributed by atoms with van der Waals surface area (Å²) >= 11 is 0. The van der Waals surface area contributed by atoms with E-state index in [-0.39, 0.29) is 24.1 Å². The van der Waals surface area contributed by atoms with Crippen LogP contribution >= 0.6 is 0 Å². The summed E-state index contributed by atoms with van der Waals surface area (Å²) in [6.45, 7) is 6.96. The van der Waals surface area contributed by atoms with E-state index in [9.17, 15) is 19.7 Å². The van der Waals surface area contributed by atoms with Crippen LogP contribution in [0.15, 0.2) is 12.3 Å². The van der Waals surface area contributed by atoms with Crippen LogP contribution in [0.2, 0.25) is 0 Å². The average molecular weight is 355 g/mol. The second-order valence-corrected chi connectivity index (χ2v) is 6.28. The largest absolute Gasteiger partial charge is 0.487 e. The Kier molecular flexibility index (Phi) is 6.66. The summed E-state index contributed by atoms with van der Waals surface area (Å²) in [6, 6.07) is 0.682. The van der Waals surface area contributed by atoms with Gasteiger partial charge in [-0.2, -0.15) is 0 Å². The van der Waals surface area contributed by atoms with Crippen LogP contribution in [-0.2, 0) is 4.74 Å². The minimum Gasteiger partial charge on any atom is -0.487 e. The summed E-state index contributed by atoms with van der Waals surface area (Å²) in [6.07, 6.45) is 0.588. The van der Waals surface area contributed by atoms with Crippen LogP contribution < -0.4 is 10.1 Å². The monoisotopic (exact) mass is 355 g/mol. The lowest BCUT2D eigenvalue weighted by atomic mass is 10.2. The summed E-state index contributed by atoms with van der Waals surface area (Å²) in [5.74, 6) is -1.51. The fourth-order valence-corrected chi connectivity index (χ4v) is 1.73. The minimum absolute atomic E-state index is 0.0286. The van der Waals surface area contributed by atoms with Gasteiger partial charge in [-0.25, -0.2) is 14.6 Å². The normalized spacial score (nSPS) is 12.2. The SMILES string of the molecule is CC(CCOc1cc(C(=O)O)ncc1[N+](=O)[O-])NC(=O)OC(C)(C)C. The second-order valence-electron chi connectivity index (χ2n) is 6.28. The van der Waals surface area contributed by atoms with Crippen molar-refractivity contribution in [3.05, 3.63) is 28.1 Å². The molecule has 1 rings (SSSR count). The molecule has 25 heavy (non-hydrogen) atoms. The molecule has 1 unspecified atom stereocenters. The molecule has 0 spiro atoms. The zero-order valence-electron chi connectivity index (χ0n) is 14.4. The number of carbonyl (C=O) groups is 2. The molecule has 0 bridgehead atoms. The Balaban J connectivity index is 2.63. The molecule has 10 nitrogen and oxygen atoms in total. The van der Waals surface area contributed by atoms with Crippen molar-refractivity contribution in [1.82, 2.24) is 10.3 Å². The van der Waals surface area contributed by atoms with Gasteiger partial charge in [0.2, 0.25) is 5.75 Å². The number of ether oxygens (including phenoxy) is 2. The molecule has 0 saturated carbocycles. The molecule has 0 aliphatic heterocycles. The maximum absolute atomic E-state index is 11.6. The lowest BCUT2D eigenvalue weighted by Crippen LogP contribution is -2.38. The highest BCUT2D eigenvalue weighted by atomic mass is 16.6. The van der Waals surface area contributed by atoms with Crippen LogP contribution in [-0.4, -0.2) is 45.3 Å². The fraction of sp³-hybridized carbons (Fsp3) is 0.533. The molecule has 0 fully saturated rings. The Labute approximate surface area is 144 Å². The third kappa shape index (κ3) is 7.02. The molecule has 0 saturated heterocycles. The second kappa shape index (κ2) is 8.27. The number of carboxylic acids is 1. The number of nitrogens with zero attached hydrogens (tertiary/aromatic N) is 2. The molecule has 1 aromatic heterocycles. The molecule has 0 radical (unpaired) electrons. The lowest BCUT2D eigenvalue weighted by Gasteiger charge is -2.22. The quantitative estimate of drug-likeness (QED) is 0.561. The van der Waals surface area contributed by atoms with E-state index in [2.05, 4.69) is 10.3 Å². The number of pyridine rings is 1. The summed E-state index contributed by atoms with van der Waals surface area (Å²) in [5.41, 5.74) is -1.41. The van der Waals surface area contributed by atoms with E-state index in [1.54, 1.807) is 27.7 Å². The van der Waals surface area contributed by atoms with Crippen LogP contribution in [0.5, 0.6) is 5.75 Å². The molecule has 0 aliphatic rings. The van der Waals surface area contributed by atoms with Crippen LogP contribution in [0, 0.1) is 10.1 Å². The van der Waals surface area contributed by atoms with E-state index in [0.29, 0.717) is 6.42 Å². The smallest absolute Gasteiger partial charge is 0.407 e. The Morgan fingerprint density at radius 2 is 2.08 bits per heavy atom. The summed E-state index contributed by atoms with van der Waals surface area (Å²) in [5, 5.41) is 22.4. The van der Waals surface area contributed by atoms with Crippen molar-refractivity contribution in [2.75, 3.05) is 6.61 Å². The first kappa shape index (κ1) is 20.1. The van der Waals surface area contributed by atoms with Crippen molar-refractivity contribution in [1.29, 1.82) is 0 Å². The van der Waals surface area contributed by atoms with Gasteiger partial charge in [-0.15, -0.1) is 0 Å². The molecule has 2 N–H and O–H groups in total. The fourth-order valence-electron chi connectivity index (χ4n) is 1.73. The minimum atomic E-state index is -1.32. The van der Waals surface area contributed by atoms with Crippen molar-refractivity contribution in [3.8, 4) is 5.75 Å². The molecule has 0 aliphatic carbocycles. The number of amides is 1. The summed E-state index contributed by atoms with van der Waals surface area (Å²) in [7, 11) is 0. The first-order valence-electron chi connectivity index (χ1n) is 7.49. The van der Waals surface area contributed by atoms with Gasteiger partial charge in [0, 0.05) is 18.5 Å². The molecule has 1 aromatic rings. The van der Waals surface area contributed by atoms with Gasteiger partial charge < -0.3 is 19.9 Å². The van der Waals surface area contributed by atoms with E-state index < -0.39 is 28.3 Å². The predicted octanol–water partition coefficient (Wildman–Crippen LogP) is 2.37. The molecule has 1 heterocycles. The van der Waals surface area contributed by atoms with E-state index in [1.165, 1.54) is 0 Å². The highest BCUT2D eigenvalue weighted by Gasteiger charge is 2.20. The van der Waals surface area contributed by atoms with Crippen molar-refractivity contribution in [2.24, 2.45) is 0 Å². The number of hydrogen-bond acceptors (Lipinski definition) is 7. The molecule has 0 aromatic carbocycles. The Hall–Kier alpha value is -2.91. The summed E-state index contributed by atoms with van der Waals surface area (Å²) < 4.78 is 10.4. The van der Waals surface area contributed by atoms with E-state index in [0.717, 1.165) is 12.3 Å². The highest BCUT2D eigenvalue weighted by Crippen LogP contribution is 2.26. The standard InChI is InChI=1S/C15H21N3O7/c1-9(17-14(21)25-15(2,3)4)5-6-24-12-7-10(13(19)20)16-8-11(12)18(22)23/h7-9H,5-6H2,1-4H3,(H,17,21)(H,19,20). The molecule has 10 heteroatoms. The molecule has 138 valence electrons. The molecule has 1 amide bonds. The number of carboxylic acid groups (broad SMARTS) is 1. The molecular weight excluding hydrogens is 334 g/mol. The first-order valence-corrected chi connectivity index (χ1v) is 7.49. The van der Waals surface area contributed by atoms with Gasteiger partial charge in [0.1, 0.15) is 11.8 Å². The van der Waals surface area contributed by atoms with Gasteiger partial charge in [0.15, 0.2) is 5.69 Å².